The molecular weight excluding hydrogens is 286 g/mol. The third kappa shape index (κ3) is 4.49. The summed E-state index contributed by atoms with van der Waals surface area (Å²) < 4.78 is 0. The Kier molecular flexibility index (Phi) is 5.22. The van der Waals surface area contributed by atoms with Crippen molar-refractivity contribution in [2.45, 2.75) is 26.3 Å². The molecule has 0 saturated carbocycles. The number of hydrogen-bond acceptors (Lipinski definition) is 5. The number of nitrogens with one attached hydrogen (secondary N) is 2. The monoisotopic (exact) mass is 305 g/mol. The summed E-state index contributed by atoms with van der Waals surface area (Å²) in [7, 11) is 0. The number of benzene rings is 1. The van der Waals surface area contributed by atoms with E-state index in [1.807, 2.05) is 37.3 Å². The number of nitrogens with two attached hydrogens (primary N) is 1. The van der Waals surface area contributed by atoms with E-state index in [4.69, 9.17) is 17.3 Å². The molecule has 0 aliphatic rings. The van der Waals surface area contributed by atoms with Gasteiger partial charge in [-0.25, -0.2) is 0 Å². The zero-order valence-electron chi connectivity index (χ0n) is 12.2. The van der Waals surface area contributed by atoms with Crippen LogP contribution in [0.25, 0.3) is 0 Å². The van der Waals surface area contributed by atoms with Crippen molar-refractivity contribution in [2.24, 2.45) is 0 Å². The topological polar surface area (TPSA) is 75.9 Å². The van der Waals surface area contributed by atoms with Crippen LogP contribution in [0.2, 0.25) is 5.02 Å². The molecule has 1 unspecified atom stereocenters. The van der Waals surface area contributed by atoms with Gasteiger partial charge in [0.05, 0.1) is 0 Å². The lowest BCUT2D eigenvalue weighted by molar-refractivity contribution is 0.872. The molecule has 112 valence electrons. The molecule has 1 aromatic heterocycles. The number of halogens is 1. The fourth-order valence-electron chi connectivity index (χ4n) is 1.96. The predicted octanol–water partition coefficient (Wildman–Crippen LogP) is 3.71. The second-order valence-corrected chi connectivity index (χ2v) is 5.28. The van der Waals surface area contributed by atoms with Crippen molar-refractivity contribution in [3.63, 3.8) is 0 Å². The molecule has 0 spiro atoms. The van der Waals surface area contributed by atoms with Gasteiger partial charge in [-0.3, -0.25) is 0 Å². The molecule has 5 nitrogen and oxygen atoms in total. The molecule has 2 aromatic rings. The maximum Gasteiger partial charge on any atom is 0.223 e. The minimum absolute atomic E-state index is 0.0667. The Labute approximate surface area is 129 Å². The molecular formula is C15H20ClN5. The maximum absolute atomic E-state index is 6.02. The van der Waals surface area contributed by atoms with Crippen LogP contribution in [0.4, 0.5) is 17.6 Å². The molecule has 1 atom stereocenters. The summed E-state index contributed by atoms with van der Waals surface area (Å²) in [5, 5.41) is 7.24. The van der Waals surface area contributed by atoms with E-state index in [0.29, 0.717) is 10.8 Å². The van der Waals surface area contributed by atoms with Crippen LogP contribution in [0.1, 0.15) is 31.9 Å². The van der Waals surface area contributed by atoms with Gasteiger partial charge in [0, 0.05) is 23.7 Å². The van der Waals surface area contributed by atoms with Gasteiger partial charge in [-0.05, 0) is 31.0 Å². The Hall–Kier alpha value is -2.01. The first-order valence-electron chi connectivity index (χ1n) is 6.99. The second-order valence-electron chi connectivity index (χ2n) is 4.84. The largest absolute Gasteiger partial charge is 0.370 e. The van der Waals surface area contributed by atoms with Gasteiger partial charge in [0.1, 0.15) is 11.6 Å². The third-order valence-electron chi connectivity index (χ3n) is 3.01. The Bertz CT molecular complexity index is 602. The lowest BCUT2D eigenvalue weighted by Crippen LogP contribution is -2.11. The number of aromatic nitrogens is 2. The molecule has 0 radical (unpaired) electrons. The summed E-state index contributed by atoms with van der Waals surface area (Å²) in [4.78, 5) is 8.37. The molecule has 21 heavy (non-hydrogen) atoms. The number of hydrogen-bond donors (Lipinski definition) is 3. The van der Waals surface area contributed by atoms with E-state index in [1.165, 1.54) is 0 Å². The average molecular weight is 306 g/mol. The number of rotatable bonds is 6. The van der Waals surface area contributed by atoms with Gasteiger partial charge in [-0.15, -0.1) is 0 Å². The fraction of sp³-hybridized carbons (Fsp3) is 0.333. The highest BCUT2D eigenvalue weighted by atomic mass is 35.5. The van der Waals surface area contributed by atoms with Crippen molar-refractivity contribution in [1.82, 2.24) is 9.97 Å². The number of nitrogen functional groups attached to an aromatic ring is 1. The van der Waals surface area contributed by atoms with Crippen LogP contribution in [-0.2, 0) is 0 Å². The Morgan fingerprint density at radius 3 is 2.71 bits per heavy atom. The standard InChI is InChI=1S/C15H20ClN5/c1-3-7-18-13-9-14(21-15(17)20-13)19-10(2)11-5-4-6-12(16)8-11/h4-6,8-10H,3,7H2,1-2H3,(H4,17,18,19,20,21). The highest BCUT2D eigenvalue weighted by Gasteiger charge is 2.08. The quantitative estimate of drug-likeness (QED) is 0.758. The Balaban J connectivity index is 2.13. The minimum atomic E-state index is 0.0667. The molecule has 2 rings (SSSR count). The van der Waals surface area contributed by atoms with Gasteiger partial charge in [0.25, 0.3) is 0 Å². The molecule has 6 heteroatoms. The van der Waals surface area contributed by atoms with Crippen LogP contribution in [-0.4, -0.2) is 16.5 Å². The highest BCUT2D eigenvalue weighted by molar-refractivity contribution is 6.30. The van der Waals surface area contributed by atoms with Gasteiger partial charge >= 0.3 is 0 Å². The van der Waals surface area contributed by atoms with Crippen LogP contribution in [0.3, 0.4) is 0 Å². The summed E-state index contributed by atoms with van der Waals surface area (Å²) in [6, 6.07) is 9.65. The van der Waals surface area contributed by atoms with Crippen molar-refractivity contribution in [3.05, 3.63) is 40.9 Å². The zero-order valence-corrected chi connectivity index (χ0v) is 13.0. The summed E-state index contributed by atoms with van der Waals surface area (Å²) in [5.74, 6) is 1.66. The second kappa shape index (κ2) is 7.13. The first-order chi connectivity index (χ1) is 10.1. The van der Waals surface area contributed by atoms with Gasteiger partial charge in [0.15, 0.2) is 0 Å². The van der Waals surface area contributed by atoms with Crippen LogP contribution in [0.5, 0.6) is 0 Å². The molecule has 0 saturated heterocycles. The van der Waals surface area contributed by atoms with Crippen molar-refractivity contribution < 1.29 is 0 Å². The van der Waals surface area contributed by atoms with E-state index in [9.17, 15) is 0 Å². The van der Waals surface area contributed by atoms with E-state index in [-0.39, 0.29) is 12.0 Å². The van der Waals surface area contributed by atoms with Crippen LogP contribution < -0.4 is 16.4 Å². The van der Waals surface area contributed by atoms with E-state index >= 15 is 0 Å². The Morgan fingerprint density at radius 2 is 2.00 bits per heavy atom. The predicted molar refractivity (Wildman–Crippen MR) is 88.7 cm³/mol. The fourth-order valence-corrected chi connectivity index (χ4v) is 2.16. The molecule has 0 amide bonds. The summed E-state index contributed by atoms with van der Waals surface area (Å²) in [5.41, 5.74) is 6.83. The maximum atomic E-state index is 6.02. The first-order valence-corrected chi connectivity index (χ1v) is 7.36. The number of anilines is 3. The van der Waals surface area contributed by atoms with Gasteiger partial charge in [-0.1, -0.05) is 30.7 Å². The summed E-state index contributed by atoms with van der Waals surface area (Å²) >= 11 is 6.02. The SMILES string of the molecule is CCCNc1cc(NC(C)c2cccc(Cl)c2)nc(N)n1. The molecule has 4 N–H and O–H groups in total. The van der Waals surface area contributed by atoms with Crippen LogP contribution in [0, 0.1) is 0 Å². The zero-order chi connectivity index (χ0) is 15.2. The van der Waals surface area contributed by atoms with E-state index in [1.54, 1.807) is 0 Å². The molecule has 0 aliphatic carbocycles. The molecule has 0 aliphatic heterocycles. The first kappa shape index (κ1) is 15.4. The van der Waals surface area contributed by atoms with Crippen molar-refractivity contribution in [1.29, 1.82) is 0 Å². The van der Waals surface area contributed by atoms with Gasteiger partial charge in [0.2, 0.25) is 5.95 Å². The van der Waals surface area contributed by atoms with Crippen molar-refractivity contribution in [3.8, 4) is 0 Å². The molecule has 0 bridgehead atoms. The number of nitrogens with zero attached hydrogens (tertiary/aromatic N) is 2. The van der Waals surface area contributed by atoms with Crippen molar-refractivity contribution >= 4 is 29.2 Å². The minimum Gasteiger partial charge on any atom is -0.370 e. The van der Waals surface area contributed by atoms with E-state index < -0.39 is 0 Å². The van der Waals surface area contributed by atoms with Gasteiger partial charge < -0.3 is 16.4 Å². The Morgan fingerprint density at radius 1 is 1.24 bits per heavy atom. The van der Waals surface area contributed by atoms with E-state index in [2.05, 4.69) is 27.5 Å². The molecule has 1 aromatic carbocycles. The molecule has 1 heterocycles. The summed E-state index contributed by atoms with van der Waals surface area (Å²) in [6.45, 7) is 4.99. The molecule has 0 fully saturated rings. The lowest BCUT2D eigenvalue weighted by Gasteiger charge is -2.16. The van der Waals surface area contributed by atoms with E-state index in [0.717, 1.165) is 24.3 Å². The third-order valence-corrected chi connectivity index (χ3v) is 3.25. The van der Waals surface area contributed by atoms with Crippen molar-refractivity contribution in [2.75, 3.05) is 22.9 Å². The van der Waals surface area contributed by atoms with Crippen LogP contribution >= 0.6 is 11.6 Å². The summed E-state index contributed by atoms with van der Waals surface area (Å²) in [6.07, 6.45) is 1.02. The smallest absolute Gasteiger partial charge is 0.223 e. The average Bonchev–Trinajstić information content (AvgIpc) is 2.44. The van der Waals surface area contributed by atoms with Crippen LogP contribution in [0.15, 0.2) is 30.3 Å². The highest BCUT2D eigenvalue weighted by Crippen LogP contribution is 2.22. The lowest BCUT2D eigenvalue weighted by atomic mass is 10.1. The normalized spacial score (nSPS) is 12.0. The van der Waals surface area contributed by atoms with Gasteiger partial charge in [-0.2, -0.15) is 9.97 Å².